The standard InChI is InChI=1S/C11H16BrN/c1-9-5-6-11(12)8-10(9)4-2-3-7-13/h5-6,8H,2-4,7,13H2,1H3. The van der Waals surface area contributed by atoms with Crippen molar-refractivity contribution in [1.82, 2.24) is 0 Å². The molecule has 2 N–H and O–H groups in total. The van der Waals surface area contributed by atoms with Gasteiger partial charge in [-0.05, 0) is 56.0 Å². The van der Waals surface area contributed by atoms with Gasteiger partial charge in [0.25, 0.3) is 0 Å². The van der Waals surface area contributed by atoms with Gasteiger partial charge in [-0.25, -0.2) is 0 Å². The Morgan fingerprint density at radius 2 is 2.08 bits per heavy atom. The highest BCUT2D eigenvalue weighted by Crippen LogP contribution is 2.17. The molecule has 0 aliphatic rings. The highest BCUT2D eigenvalue weighted by molar-refractivity contribution is 9.10. The van der Waals surface area contributed by atoms with Crippen molar-refractivity contribution in [2.24, 2.45) is 5.73 Å². The zero-order chi connectivity index (χ0) is 9.68. The Hall–Kier alpha value is -0.340. The monoisotopic (exact) mass is 241 g/mol. The Bertz CT molecular complexity index is 271. The van der Waals surface area contributed by atoms with Crippen molar-refractivity contribution in [1.29, 1.82) is 0 Å². The smallest absolute Gasteiger partial charge is 0.0178 e. The molecule has 0 saturated carbocycles. The molecule has 72 valence electrons. The highest BCUT2D eigenvalue weighted by Gasteiger charge is 1.98. The van der Waals surface area contributed by atoms with Gasteiger partial charge in [0.05, 0.1) is 0 Å². The molecule has 0 aromatic heterocycles. The summed E-state index contributed by atoms with van der Waals surface area (Å²) >= 11 is 3.48. The van der Waals surface area contributed by atoms with E-state index in [1.807, 2.05) is 0 Å². The summed E-state index contributed by atoms with van der Waals surface area (Å²) in [5.74, 6) is 0. The first-order valence-corrected chi connectivity index (χ1v) is 5.48. The molecular weight excluding hydrogens is 226 g/mol. The Morgan fingerprint density at radius 1 is 1.31 bits per heavy atom. The summed E-state index contributed by atoms with van der Waals surface area (Å²) in [6.07, 6.45) is 3.45. The molecule has 13 heavy (non-hydrogen) atoms. The number of unbranched alkanes of at least 4 members (excludes halogenated alkanes) is 1. The minimum Gasteiger partial charge on any atom is -0.330 e. The average molecular weight is 242 g/mol. The van der Waals surface area contributed by atoms with Crippen LogP contribution < -0.4 is 5.73 Å². The van der Waals surface area contributed by atoms with Gasteiger partial charge in [-0.15, -0.1) is 0 Å². The van der Waals surface area contributed by atoms with E-state index in [9.17, 15) is 0 Å². The van der Waals surface area contributed by atoms with Crippen LogP contribution >= 0.6 is 15.9 Å². The molecule has 0 heterocycles. The second-order valence-electron chi connectivity index (χ2n) is 3.32. The molecule has 0 fully saturated rings. The number of hydrogen-bond acceptors (Lipinski definition) is 1. The van der Waals surface area contributed by atoms with Crippen LogP contribution in [-0.2, 0) is 6.42 Å². The third-order valence-corrected chi connectivity index (χ3v) is 2.70. The predicted molar refractivity (Wildman–Crippen MR) is 60.9 cm³/mol. The van der Waals surface area contributed by atoms with Gasteiger partial charge in [0.1, 0.15) is 0 Å². The maximum Gasteiger partial charge on any atom is 0.0178 e. The van der Waals surface area contributed by atoms with E-state index in [2.05, 4.69) is 41.1 Å². The molecular formula is C11H16BrN. The van der Waals surface area contributed by atoms with E-state index >= 15 is 0 Å². The number of nitrogens with two attached hydrogens (primary N) is 1. The Balaban J connectivity index is 2.59. The lowest BCUT2D eigenvalue weighted by Gasteiger charge is -2.05. The third kappa shape index (κ3) is 3.49. The van der Waals surface area contributed by atoms with Crippen molar-refractivity contribution in [2.45, 2.75) is 26.2 Å². The van der Waals surface area contributed by atoms with Crippen LogP contribution in [-0.4, -0.2) is 6.54 Å². The topological polar surface area (TPSA) is 26.0 Å². The summed E-state index contributed by atoms with van der Waals surface area (Å²) in [5.41, 5.74) is 8.26. The molecule has 0 bridgehead atoms. The van der Waals surface area contributed by atoms with E-state index in [-0.39, 0.29) is 0 Å². The van der Waals surface area contributed by atoms with E-state index in [0.29, 0.717) is 0 Å². The first-order chi connectivity index (χ1) is 6.24. The van der Waals surface area contributed by atoms with Crippen LogP contribution in [0.5, 0.6) is 0 Å². The number of halogens is 1. The summed E-state index contributed by atoms with van der Waals surface area (Å²) < 4.78 is 1.17. The van der Waals surface area contributed by atoms with Gasteiger partial charge in [-0.2, -0.15) is 0 Å². The number of benzene rings is 1. The van der Waals surface area contributed by atoms with Gasteiger partial charge in [-0.1, -0.05) is 22.0 Å². The fourth-order valence-corrected chi connectivity index (χ4v) is 1.78. The summed E-state index contributed by atoms with van der Waals surface area (Å²) in [6, 6.07) is 6.44. The summed E-state index contributed by atoms with van der Waals surface area (Å²) in [5, 5.41) is 0. The molecule has 1 aromatic rings. The third-order valence-electron chi connectivity index (χ3n) is 2.21. The molecule has 0 atom stereocenters. The van der Waals surface area contributed by atoms with Gasteiger partial charge in [0.15, 0.2) is 0 Å². The molecule has 0 aliphatic heterocycles. The average Bonchev–Trinajstić information content (AvgIpc) is 2.11. The quantitative estimate of drug-likeness (QED) is 0.807. The molecule has 0 saturated heterocycles. The largest absolute Gasteiger partial charge is 0.330 e. The number of hydrogen-bond donors (Lipinski definition) is 1. The predicted octanol–water partition coefficient (Wildman–Crippen LogP) is 3.04. The van der Waals surface area contributed by atoms with Crippen LogP contribution in [0, 0.1) is 6.92 Å². The molecule has 1 nitrogen and oxygen atoms in total. The second-order valence-corrected chi connectivity index (χ2v) is 4.23. The molecule has 1 aromatic carbocycles. The number of rotatable bonds is 4. The SMILES string of the molecule is Cc1ccc(Br)cc1CCCCN. The minimum absolute atomic E-state index is 0.799. The molecule has 0 radical (unpaired) electrons. The van der Waals surface area contributed by atoms with Crippen molar-refractivity contribution in [3.05, 3.63) is 33.8 Å². The van der Waals surface area contributed by atoms with Crippen molar-refractivity contribution in [3.8, 4) is 0 Å². The van der Waals surface area contributed by atoms with Crippen molar-refractivity contribution < 1.29 is 0 Å². The molecule has 2 heteroatoms. The minimum atomic E-state index is 0.799. The van der Waals surface area contributed by atoms with Crippen molar-refractivity contribution >= 4 is 15.9 Å². The molecule has 1 rings (SSSR count). The maximum atomic E-state index is 5.45. The van der Waals surface area contributed by atoms with Gasteiger partial charge in [-0.3, -0.25) is 0 Å². The van der Waals surface area contributed by atoms with E-state index < -0.39 is 0 Å². The Kier molecular flexibility index (Phi) is 4.46. The molecule has 0 amide bonds. The number of aryl methyl sites for hydroxylation is 2. The maximum absolute atomic E-state index is 5.45. The highest BCUT2D eigenvalue weighted by atomic mass is 79.9. The fraction of sp³-hybridized carbons (Fsp3) is 0.455. The van der Waals surface area contributed by atoms with E-state index in [1.165, 1.54) is 22.0 Å². The van der Waals surface area contributed by atoms with Crippen molar-refractivity contribution in [2.75, 3.05) is 6.54 Å². The lowest BCUT2D eigenvalue weighted by molar-refractivity contribution is 0.742. The Labute approximate surface area is 88.5 Å². The first-order valence-electron chi connectivity index (χ1n) is 4.69. The summed E-state index contributed by atoms with van der Waals surface area (Å²) in [6.45, 7) is 2.96. The summed E-state index contributed by atoms with van der Waals surface area (Å²) in [7, 11) is 0. The molecule has 0 spiro atoms. The van der Waals surface area contributed by atoms with Gasteiger partial charge < -0.3 is 5.73 Å². The fourth-order valence-electron chi connectivity index (χ4n) is 1.37. The van der Waals surface area contributed by atoms with Gasteiger partial charge in [0.2, 0.25) is 0 Å². The van der Waals surface area contributed by atoms with Crippen LogP contribution in [0.4, 0.5) is 0 Å². The molecule has 0 aliphatic carbocycles. The zero-order valence-corrected chi connectivity index (χ0v) is 9.60. The first kappa shape index (κ1) is 10.7. The van der Waals surface area contributed by atoms with Gasteiger partial charge in [0, 0.05) is 4.47 Å². The van der Waals surface area contributed by atoms with Crippen LogP contribution in [0.3, 0.4) is 0 Å². The van der Waals surface area contributed by atoms with Crippen molar-refractivity contribution in [3.63, 3.8) is 0 Å². The lowest BCUT2D eigenvalue weighted by atomic mass is 10.0. The van der Waals surface area contributed by atoms with Crippen LogP contribution in [0.2, 0.25) is 0 Å². The van der Waals surface area contributed by atoms with Crippen LogP contribution in [0.1, 0.15) is 24.0 Å². The van der Waals surface area contributed by atoms with E-state index in [4.69, 9.17) is 5.73 Å². The van der Waals surface area contributed by atoms with E-state index in [1.54, 1.807) is 0 Å². The van der Waals surface area contributed by atoms with Crippen LogP contribution in [0.15, 0.2) is 22.7 Å². The van der Waals surface area contributed by atoms with Gasteiger partial charge >= 0.3 is 0 Å². The van der Waals surface area contributed by atoms with Crippen LogP contribution in [0.25, 0.3) is 0 Å². The summed E-state index contributed by atoms with van der Waals surface area (Å²) in [4.78, 5) is 0. The lowest BCUT2D eigenvalue weighted by Crippen LogP contribution is -1.99. The molecule has 0 unspecified atom stereocenters. The second kappa shape index (κ2) is 5.40. The Morgan fingerprint density at radius 3 is 2.77 bits per heavy atom. The zero-order valence-electron chi connectivity index (χ0n) is 8.02. The van der Waals surface area contributed by atoms with E-state index in [0.717, 1.165) is 19.4 Å². The normalized spacial score (nSPS) is 10.4.